The molecule has 0 aliphatic heterocycles. The first-order valence-electron chi connectivity index (χ1n) is 3.55. The van der Waals surface area contributed by atoms with Crippen LogP contribution in [0.1, 0.15) is 11.4 Å². The van der Waals surface area contributed by atoms with Gasteiger partial charge in [0.1, 0.15) is 4.90 Å². The standard InChI is InChI=1S/C6H11N3O3S/c1-4-6(5(2)8-7-4)13(10,11)9-12-3/h9H,1-3H3,(H,7,8). The zero-order valence-electron chi connectivity index (χ0n) is 7.58. The number of aromatic nitrogens is 2. The van der Waals surface area contributed by atoms with Gasteiger partial charge in [-0.3, -0.25) is 9.94 Å². The van der Waals surface area contributed by atoms with Crippen molar-refractivity contribution in [3.8, 4) is 0 Å². The van der Waals surface area contributed by atoms with Crippen LogP contribution in [-0.2, 0) is 14.9 Å². The first-order chi connectivity index (χ1) is 5.99. The van der Waals surface area contributed by atoms with Crippen molar-refractivity contribution in [3.63, 3.8) is 0 Å². The van der Waals surface area contributed by atoms with E-state index in [1.807, 2.05) is 4.89 Å². The minimum Gasteiger partial charge on any atom is -0.290 e. The fourth-order valence-corrected chi connectivity index (χ4v) is 2.27. The molecule has 1 heterocycles. The van der Waals surface area contributed by atoms with Crippen LogP contribution < -0.4 is 4.89 Å². The molecule has 0 aliphatic carbocycles. The number of rotatable bonds is 3. The smallest absolute Gasteiger partial charge is 0.266 e. The molecular formula is C6H11N3O3S. The first-order valence-corrected chi connectivity index (χ1v) is 5.03. The fourth-order valence-electron chi connectivity index (χ4n) is 1.09. The van der Waals surface area contributed by atoms with Crippen molar-refractivity contribution < 1.29 is 13.3 Å². The van der Waals surface area contributed by atoms with Gasteiger partial charge in [0.25, 0.3) is 10.0 Å². The third kappa shape index (κ3) is 1.87. The Kier molecular flexibility index (Phi) is 2.69. The van der Waals surface area contributed by atoms with E-state index >= 15 is 0 Å². The zero-order valence-corrected chi connectivity index (χ0v) is 8.40. The molecule has 1 aromatic heterocycles. The molecule has 0 atom stereocenters. The summed E-state index contributed by atoms with van der Waals surface area (Å²) in [7, 11) is -2.36. The van der Waals surface area contributed by atoms with E-state index in [0.29, 0.717) is 11.4 Å². The minimum atomic E-state index is -3.59. The van der Waals surface area contributed by atoms with Gasteiger partial charge in [-0.1, -0.05) is 4.89 Å². The summed E-state index contributed by atoms with van der Waals surface area (Å²) in [5.74, 6) is 0. The second-order valence-corrected chi connectivity index (χ2v) is 4.14. The van der Waals surface area contributed by atoms with Crippen molar-refractivity contribution in [1.82, 2.24) is 15.1 Å². The van der Waals surface area contributed by atoms with E-state index in [1.165, 1.54) is 7.11 Å². The Morgan fingerprint density at radius 1 is 1.46 bits per heavy atom. The number of hydrogen-bond acceptors (Lipinski definition) is 4. The Labute approximate surface area is 76.3 Å². The molecule has 0 amide bonds. The maximum absolute atomic E-state index is 11.4. The maximum Gasteiger partial charge on any atom is 0.266 e. The number of nitrogens with one attached hydrogen (secondary N) is 2. The van der Waals surface area contributed by atoms with Crippen molar-refractivity contribution in [2.24, 2.45) is 0 Å². The molecular weight excluding hydrogens is 194 g/mol. The molecule has 13 heavy (non-hydrogen) atoms. The molecule has 74 valence electrons. The molecule has 0 bridgehead atoms. The molecule has 0 radical (unpaired) electrons. The van der Waals surface area contributed by atoms with E-state index < -0.39 is 10.0 Å². The quantitative estimate of drug-likeness (QED) is 0.673. The van der Waals surface area contributed by atoms with Gasteiger partial charge in [0.15, 0.2) is 0 Å². The van der Waals surface area contributed by atoms with Crippen LogP contribution in [0.25, 0.3) is 0 Å². The molecule has 0 unspecified atom stereocenters. The lowest BCUT2D eigenvalue weighted by molar-refractivity contribution is 0.153. The lowest BCUT2D eigenvalue weighted by Crippen LogP contribution is -2.23. The molecule has 0 aromatic carbocycles. The predicted octanol–water partition coefficient (Wildman–Crippen LogP) is -0.134. The van der Waals surface area contributed by atoms with E-state index in [9.17, 15) is 8.42 Å². The number of hydrogen-bond donors (Lipinski definition) is 2. The summed E-state index contributed by atoms with van der Waals surface area (Å²) in [4.78, 5) is 6.41. The first kappa shape index (κ1) is 10.2. The van der Waals surface area contributed by atoms with Crippen molar-refractivity contribution >= 4 is 10.0 Å². The van der Waals surface area contributed by atoms with Crippen LogP contribution in [0, 0.1) is 13.8 Å². The fraction of sp³-hybridized carbons (Fsp3) is 0.500. The second kappa shape index (κ2) is 3.44. The van der Waals surface area contributed by atoms with Crippen LogP contribution in [0.3, 0.4) is 0 Å². The van der Waals surface area contributed by atoms with Crippen LogP contribution in [0.2, 0.25) is 0 Å². The Hall–Kier alpha value is -0.920. The van der Waals surface area contributed by atoms with E-state index in [0.717, 1.165) is 0 Å². The largest absolute Gasteiger partial charge is 0.290 e. The molecule has 0 saturated heterocycles. The van der Waals surface area contributed by atoms with E-state index in [2.05, 4.69) is 15.0 Å². The van der Waals surface area contributed by atoms with Crippen molar-refractivity contribution in [2.75, 3.05) is 7.11 Å². The Morgan fingerprint density at radius 3 is 2.46 bits per heavy atom. The lowest BCUT2D eigenvalue weighted by Gasteiger charge is -2.02. The highest BCUT2D eigenvalue weighted by Gasteiger charge is 2.21. The number of H-pyrrole nitrogens is 1. The second-order valence-electron chi connectivity index (χ2n) is 2.55. The highest BCUT2D eigenvalue weighted by atomic mass is 32.2. The highest BCUT2D eigenvalue weighted by Crippen LogP contribution is 2.15. The van der Waals surface area contributed by atoms with Crippen LogP contribution in [0.5, 0.6) is 0 Å². The third-order valence-corrected chi connectivity index (χ3v) is 3.05. The predicted molar refractivity (Wildman–Crippen MR) is 45.4 cm³/mol. The monoisotopic (exact) mass is 205 g/mol. The van der Waals surface area contributed by atoms with Crippen LogP contribution in [0.4, 0.5) is 0 Å². The Balaban J connectivity index is 3.21. The van der Waals surface area contributed by atoms with Crippen molar-refractivity contribution in [3.05, 3.63) is 11.4 Å². The molecule has 0 spiro atoms. The van der Waals surface area contributed by atoms with Gasteiger partial charge in [0.05, 0.1) is 18.5 Å². The van der Waals surface area contributed by atoms with Crippen molar-refractivity contribution in [1.29, 1.82) is 0 Å². The number of aryl methyl sites for hydroxylation is 2. The lowest BCUT2D eigenvalue weighted by atomic mass is 10.4. The molecule has 0 fully saturated rings. The van der Waals surface area contributed by atoms with Gasteiger partial charge in [-0.05, 0) is 13.8 Å². The third-order valence-electron chi connectivity index (χ3n) is 1.52. The summed E-state index contributed by atoms with van der Waals surface area (Å²) >= 11 is 0. The van der Waals surface area contributed by atoms with E-state index in [4.69, 9.17) is 0 Å². The molecule has 6 nitrogen and oxygen atoms in total. The average molecular weight is 205 g/mol. The highest BCUT2D eigenvalue weighted by molar-refractivity contribution is 7.89. The van der Waals surface area contributed by atoms with Gasteiger partial charge in [-0.25, -0.2) is 8.42 Å². The van der Waals surface area contributed by atoms with Crippen LogP contribution >= 0.6 is 0 Å². The summed E-state index contributed by atoms with van der Waals surface area (Å²) < 4.78 is 22.9. The SMILES string of the molecule is CONS(=O)(=O)c1c(C)n[nH]c1C. The number of sulfonamides is 1. The minimum absolute atomic E-state index is 0.134. The summed E-state index contributed by atoms with van der Waals surface area (Å²) in [5.41, 5.74) is 0.907. The van der Waals surface area contributed by atoms with E-state index in [-0.39, 0.29) is 4.90 Å². The van der Waals surface area contributed by atoms with Crippen molar-refractivity contribution in [2.45, 2.75) is 18.7 Å². The van der Waals surface area contributed by atoms with Gasteiger partial charge in [-0.15, -0.1) is 0 Å². The van der Waals surface area contributed by atoms with Gasteiger partial charge < -0.3 is 0 Å². The zero-order chi connectivity index (χ0) is 10.1. The maximum atomic E-state index is 11.4. The Bertz CT molecular complexity index is 376. The molecule has 1 rings (SSSR count). The van der Waals surface area contributed by atoms with E-state index in [1.54, 1.807) is 13.8 Å². The summed E-state index contributed by atoms with van der Waals surface area (Å²) in [6.07, 6.45) is 0. The molecule has 2 N–H and O–H groups in total. The molecule has 0 aliphatic rings. The van der Waals surface area contributed by atoms with Gasteiger partial charge in [-0.2, -0.15) is 5.10 Å². The average Bonchev–Trinajstić information content (AvgIpc) is 2.31. The van der Waals surface area contributed by atoms with Crippen LogP contribution in [0.15, 0.2) is 4.90 Å². The molecule has 7 heteroatoms. The normalized spacial score (nSPS) is 11.9. The summed E-state index contributed by atoms with van der Waals surface area (Å²) in [6, 6.07) is 0. The van der Waals surface area contributed by atoms with Crippen LogP contribution in [-0.4, -0.2) is 25.7 Å². The number of nitrogens with zero attached hydrogens (tertiary/aromatic N) is 1. The van der Waals surface area contributed by atoms with Gasteiger partial charge >= 0.3 is 0 Å². The summed E-state index contributed by atoms with van der Waals surface area (Å²) in [5, 5.41) is 6.34. The van der Waals surface area contributed by atoms with Gasteiger partial charge in [0.2, 0.25) is 0 Å². The Morgan fingerprint density at radius 2 is 2.08 bits per heavy atom. The summed E-state index contributed by atoms with van der Waals surface area (Å²) in [6.45, 7) is 3.23. The molecule has 0 saturated carbocycles. The number of aromatic amines is 1. The topological polar surface area (TPSA) is 84.1 Å². The van der Waals surface area contributed by atoms with Gasteiger partial charge in [0, 0.05) is 0 Å². The molecule has 1 aromatic rings.